The molecule has 17 heavy (non-hydrogen) atoms. The van der Waals surface area contributed by atoms with Crippen molar-refractivity contribution in [1.29, 1.82) is 0 Å². The Labute approximate surface area is 93.3 Å². The van der Waals surface area contributed by atoms with E-state index >= 15 is 0 Å². The van der Waals surface area contributed by atoms with Gasteiger partial charge in [-0.3, -0.25) is 15.0 Å². The Morgan fingerprint density at radius 3 is 2.59 bits per heavy atom. The summed E-state index contributed by atoms with van der Waals surface area (Å²) in [4.78, 5) is 20.9. The van der Waals surface area contributed by atoms with E-state index in [-0.39, 0.29) is 5.56 Å². The van der Waals surface area contributed by atoms with Gasteiger partial charge in [0.1, 0.15) is 6.29 Å². The van der Waals surface area contributed by atoms with Crippen molar-refractivity contribution >= 4 is 12.2 Å². The third-order valence-electron chi connectivity index (χ3n) is 1.73. The van der Waals surface area contributed by atoms with Crippen LogP contribution in [-0.2, 0) is 4.79 Å². The zero-order chi connectivity index (χ0) is 13.1. The summed E-state index contributed by atoms with van der Waals surface area (Å²) in [7, 11) is 0. The highest BCUT2D eigenvalue weighted by Gasteiger charge is 2.42. The number of hydrazine groups is 1. The number of nitrogens with one attached hydrogen (secondary N) is 1. The van der Waals surface area contributed by atoms with E-state index in [0.717, 1.165) is 12.1 Å². The average Bonchev–Trinajstić information content (AvgIpc) is 2.30. The second-order valence-corrected chi connectivity index (χ2v) is 2.90. The number of carbonyl (C=O) groups excluding carboxylic acids is 2. The molecule has 0 atom stereocenters. The molecule has 0 unspecified atom stereocenters. The molecule has 0 bridgehead atoms. The van der Waals surface area contributed by atoms with Crippen LogP contribution in [0.5, 0.6) is 5.75 Å². The number of carbonyl (C=O) groups is 2. The lowest BCUT2D eigenvalue weighted by molar-refractivity contribution is -0.193. The van der Waals surface area contributed by atoms with Crippen LogP contribution in [0.1, 0.15) is 10.4 Å². The molecule has 0 saturated carbocycles. The minimum absolute atomic E-state index is 0.0542. The van der Waals surface area contributed by atoms with Gasteiger partial charge in [0, 0.05) is 5.56 Å². The van der Waals surface area contributed by atoms with Crippen molar-refractivity contribution in [2.24, 2.45) is 5.84 Å². The highest BCUT2D eigenvalue weighted by Crippen LogP contribution is 2.25. The predicted molar refractivity (Wildman–Crippen MR) is 49.7 cm³/mol. The van der Waals surface area contributed by atoms with E-state index in [0.29, 0.717) is 12.4 Å². The monoisotopic (exact) mass is 248 g/mol. The molecule has 5 nitrogen and oxygen atoms in total. The smallest absolute Gasteiger partial charge is 0.422 e. The van der Waals surface area contributed by atoms with Gasteiger partial charge in [0.2, 0.25) is 0 Å². The topological polar surface area (TPSA) is 81.4 Å². The van der Waals surface area contributed by atoms with Crippen LogP contribution in [-0.4, -0.2) is 18.3 Å². The lowest BCUT2D eigenvalue weighted by Gasteiger charge is -2.16. The first-order chi connectivity index (χ1) is 7.90. The third kappa shape index (κ3) is 2.94. The summed E-state index contributed by atoms with van der Waals surface area (Å²) >= 11 is 0. The third-order valence-corrected chi connectivity index (χ3v) is 1.73. The SMILES string of the molecule is NNC(=O)C(F)(F)Oc1ccc(C=O)cc1F. The van der Waals surface area contributed by atoms with Crippen LogP contribution in [0.2, 0.25) is 0 Å². The van der Waals surface area contributed by atoms with Crippen LogP contribution in [0.3, 0.4) is 0 Å². The number of hydrogen-bond acceptors (Lipinski definition) is 4. The Morgan fingerprint density at radius 2 is 2.12 bits per heavy atom. The first-order valence-electron chi connectivity index (χ1n) is 4.23. The molecule has 0 radical (unpaired) electrons. The highest BCUT2D eigenvalue weighted by molar-refractivity contribution is 5.81. The Hall–Kier alpha value is -2.09. The maximum atomic E-state index is 13.2. The first-order valence-corrected chi connectivity index (χ1v) is 4.23. The number of alkyl halides is 2. The van der Waals surface area contributed by atoms with Crippen LogP contribution in [0, 0.1) is 5.82 Å². The number of benzene rings is 1. The van der Waals surface area contributed by atoms with Crippen molar-refractivity contribution < 1.29 is 27.5 Å². The van der Waals surface area contributed by atoms with Crippen molar-refractivity contribution in [1.82, 2.24) is 5.43 Å². The van der Waals surface area contributed by atoms with Gasteiger partial charge >= 0.3 is 12.0 Å². The summed E-state index contributed by atoms with van der Waals surface area (Å²) in [6, 6.07) is 2.55. The Morgan fingerprint density at radius 1 is 1.47 bits per heavy atom. The number of ether oxygens (including phenoxy) is 1. The number of halogens is 3. The largest absolute Gasteiger partial charge is 0.483 e. The van der Waals surface area contributed by atoms with Gasteiger partial charge in [-0.15, -0.1) is 0 Å². The molecule has 1 aromatic carbocycles. The summed E-state index contributed by atoms with van der Waals surface area (Å²) in [5.41, 5.74) is 1.12. The molecule has 1 rings (SSSR count). The lowest BCUT2D eigenvalue weighted by atomic mass is 10.2. The minimum Gasteiger partial charge on any atom is -0.422 e. The van der Waals surface area contributed by atoms with Gasteiger partial charge in [0.05, 0.1) is 0 Å². The van der Waals surface area contributed by atoms with Crippen LogP contribution < -0.4 is 16.0 Å². The molecule has 0 heterocycles. The fourth-order valence-electron chi connectivity index (χ4n) is 0.942. The van der Waals surface area contributed by atoms with E-state index in [1.807, 2.05) is 0 Å². The predicted octanol–water partition coefficient (Wildman–Crippen LogP) is 0.600. The Bertz CT molecular complexity index is 451. The Balaban J connectivity index is 2.96. The van der Waals surface area contributed by atoms with Gasteiger partial charge in [-0.25, -0.2) is 10.2 Å². The maximum Gasteiger partial charge on any atom is 0.483 e. The fourth-order valence-corrected chi connectivity index (χ4v) is 0.942. The molecule has 0 aliphatic rings. The van der Waals surface area contributed by atoms with Crippen LogP contribution in [0.25, 0.3) is 0 Å². The summed E-state index contributed by atoms with van der Waals surface area (Å²) in [5, 5.41) is 0. The molecule has 0 aromatic heterocycles. The normalized spacial score (nSPS) is 10.8. The van der Waals surface area contributed by atoms with Crippen LogP contribution in [0.15, 0.2) is 18.2 Å². The van der Waals surface area contributed by atoms with Crippen molar-refractivity contribution in [3.8, 4) is 5.75 Å². The Kier molecular flexibility index (Phi) is 3.69. The first kappa shape index (κ1) is 13.0. The van der Waals surface area contributed by atoms with E-state index in [2.05, 4.69) is 10.6 Å². The lowest BCUT2D eigenvalue weighted by Crippen LogP contribution is -2.47. The van der Waals surface area contributed by atoms with Gasteiger partial charge in [-0.2, -0.15) is 8.78 Å². The van der Waals surface area contributed by atoms with Crippen molar-refractivity contribution in [3.63, 3.8) is 0 Å². The molecular formula is C9H7F3N2O3. The van der Waals surface area contributed by atoms with Crippen LogP contribution in [0.4, 0.5) is 13.2 Å². The number of rotatable bonds is 4. The van der Waals surface area contributed by atoms with Gasteiger partial charge in [-0.05, 0) is 18.2 Å². The molecule has 3 N–H and O–H groups in total. The minimum atomic E-state index is -4.31. The van der Waals surface area contributed by atoms with E-state index in [1.54, 1.807) is 0 Å². The molecule has 1 aromatic rings. The molecular weight excluding hydrogens is 241 g/mol. The molecule has 92 valence electrons. The van der Waals surface area contributed by atoms with E-state index in [9.17, 15) is 22.8 Å². The van der Waals surface area contributed by atoms with E-state index in [4.69, 9.17) is 0 Å². The quantitative estimate of drug-likeness (QED) is 0.354. The van der Waals surface area contributed by atoms with Crippen molar-refractivity contribution in [3.05, 3.63) is 29.6 Å². The van der Waals surface area contributed by atoms with Gasteiger partial charge in [0.25, 0.3) is 0 Å². The van der Waals surface area contributed by atoms with Gasteiger partial charge in [0.15, 0.2) is 11.6 Å². The summed E-state index contributed by atoms with van der Waals surface area (Å²) in [5.74, 6) is 0.509. The van der Waals surface area contributed by atoms with E-state index in [1.165, 1.54) is 5.43 Å². The maximum absolute atomic E-state index is 13.2. The van der Waals surface area contributed by atoms with Gasteiger partial charge in [-0.1, -0.05) is 0 Å². The van der Waals surface area contributed by atoms with Crippen molar-refractivity contribution in [2.75, 3.05) is 0 Å². The second-order valence-electron chi connectivity index (χ2n) is 2.90. The number of aldehydes is 1. The summed E-state index contributed by atoms with van der Waals surface area (Å²) in [6.07, 6.45) is -3.98. The van der Waals surface area contributed by atoms with E-state index < -0.39 is 23.6 Å². The molecule has 0 fully saturated rings. The van der Waals surface area contributed by atoms with Crippen LogP contribution >= 0.6 is 0 Å². The number of amides is 1. The van der Waals surface area contributed by atoms with Crippen molar-refractivity contribution in [2.45, 2.75) is 6.11 Å². The molecule has 0 saturated heterocycles. The highest BCUT2D eigenvalue weighted by atomic mass is 19.3. The number of hydrogen-bond donors (Lipinski definition) is 2. The summed E-state index contributed by atoms with van der Waals surface area (Å²) in [6.45, 7) is 0. The standard InChI is InChI=1S/C9H7F3N2O3/c10-6-3-5(4-15)1-2-7(6)17-9(11,12)8(16)14-13/h1-4H,13H2,(H,14,16). The molecule has 8 heteroatoms. The second kappa shape index (κ2) is 4.83. The fraction of sp³-hybridized carbons (Fsp3) is 0.111. The molecule has 1 amide bonds. The molecule has 0 spiro atoms. The average molecular weight is 248 g/mol. The van der Waals surface area contributed by atoms with Gasteiger partial charge < -0.3 is 4.74 Å². The molecule has 0 aliphatic carbocycles. The summed E-state index contributed by atoms with van der Waals surface area (Å²) < 4.78 is 42.9. The number of nitrogens with two attached hydrogens (primary N) is 1. The molecule has 0 aliphatic heterocycles. The zero-order valence-corrected chi connectivity index (χ0v) is 8.25. The zero-order valence-electron chi connectivity index (χ0n) is 8.25.